The minimum atomic E-state index is 0.299. The Morgan fingerprint density at radius 2 is 1.80 bits per heavy atom. The molecule has 0 saturated heterocycles. The number of rotatable bonds is 1. The second kappa shape index (κ2) is 3.18. The van der Waals surface area contributed by atoms with Gasteiger partial charge in [0.15, 0.2) is 0 Å². The first kappa shape index (κ1) is 7.77. The second-order valence-electron chi connectivity index (χ2n) is 3.44. The molecule has 1 fully saturated rings. The summed E-state index contributed by atoms with van der Waals surface area (Å²) in [7, 11) is 0. The number of aliphatic imine (C=N–C) groups is 1. The molecule has 0 N–H and O–H groups in total. The molecule has 0 radical (unpaired) electrons. The van der Waals surface area contributed by atoms with Gasteiger partial charge in [0.1, 0.15) is 0 Å². The van der Waals surface area contributed by atoms with Gasteiger partial charge in [-0.2, -0.15) is 0 Å². The molecular weight excluding hydrogens is 122 g/mol. The Bertz CT molecular complexity index is 121. The lowest BCUT2D eigenvalue weighted by Gasteiger charge is -2.29. The molecule has 0 heterocycles. The summed E-state index contributed by atoms with van der Waals surface area (Å²) in [6.45, 7) is 4.28. The molecule has 1 aliphatic rings. The van der Waals surface area contributed by atoms with E-state index in [1.165, 1.54) is 32.1 Å². The molecule has 1 nitrogen and oxygen atoms in total. The van der Waals surface area contributed by atoms with Crippen molar-refractivity contribution in [2.24, 2.45) is 4.99 Å². The molecule has 0 atom stereocenters. The van der Waals surface area contributed by atoms with Gasteiger partial charge in [0.2, 0.25) is 0 Å². The Hall–Kier alpha value is -0.330. The first-order valence-corrected chi connectivity index (χ1v) is 4.27. The van der Waals surface area contributed by atoms with Gasteiger partial charge < -0.3 is 0 Å². The van der Waals surface area contributed by atoms with Crippen LogP contribution in [0.2, 0.25) is 0 Å². The van der Waals surface area contributed by atoms with Crippen LogP contribution in [0.5, 0.6) is 0 Å². The number of nitrogens with zero attached hydrogens (tertiary/aromatic N) is 1. The molecule has 0 spiro atoms. The van der Waals surface area contributed by atoms with Gasteiger partial charge in [0.05, 0.1) is 5.54 Å². The SMILES string of the molecule is CC=NC1(C)CCCCC1. The van der Waals surface area contributed by atoms with Crippen molar-refractivity contribution in [2.75, 3.05) is 0 Å². The zero-order valence-electron chi connectivity index (χ0n) is 7.06. The van der Waals surface area contributed by atoms with Crippen molar-refractivity contribution in [2.45, 2.75) is 51.5 Å². The molecule has 1 aliphatic carbocycles. The lowest BCUT2D eigenvalue weighted by molar-refractivity contribution is 0.326. The van der Waals surface area contributed by atoms with Crippen molar-refractivity contribution in [3.05, 3.63) is 0 Å². The highest BCUT2D eigenvalue weighted by Gasteiger charge is 2.24. The van der Waals surface area contributed by atoms with Crippen molar-refractivity contribution in [1.29, 1.82) is 0 Å². The summed E-state index contributed by atoms with van der Waals surface area (Å²) < 4.78 is 0. The molecule has 10 heavy (non-hydrogen) atoms. The van der Waals surface area contributed by atoms with E-state index >= 15 is 0 Å². The zero-order valence-corrected chi connectivity index (χ0v) is 7.06. The maximum absolute atomic E-state index is 4.49. The van der Waals surface area contributed by atoms with E-state index in [4.69, 9.17) is 0 Å². The predicted octanol–water partition coefficient (Wildman–Crippen LogP) is 2.80. The Kier molecular flexibility index (Phi) is 2.47. The molecule has 0 aliphatic heterocycles. The first-order valence-electron chi connectivity index (χ1n) is 4.27. The Labute approximate surface area is 63.5 Å². The van der Waals surface area contributed by atoms with E-state index in [1.54, 1.807) is 0 Å². The first-order chi connectivity index (χ1) is 4.77. The summed E-state index contributed by atoms with van der Waals surface area (Å²) in [6, 6.07) is 0. The van der Waals surface area contributed by atoms with Crippen LogP contribution in [-0.4, -0.2) is 11.8 Å². The van der Waals surface area contributed by atoms with E-state index < -0.39 is 0 Å². The molecule has 0 bridgehead atoms. The van der Waals surface area contributed by atoms with Gasteiger partial charge in [-0.25, -0.2) is 0 Å². The van der Waals surface area contributed by atoms with Crippen LogP contribution in [0.4, 0.5) is 0 Å². The lowest BCUT2D eigenvalue weighted by Crippen LogP contribution is -2.24. The normalized spacial score (nSPS) is 25.4. The van der Waals surface area contributed by atoms with E-state index in [-0.39, 0.29) is 0 Å². The van der Waals surface area contributed by atoms with Crippen molar-refractivity contribution >= 4 is 6.21 Å². The fourth-order valence-electron chi connectivity index (χ4n) is 1.75. The Morgan fingerprint density at radius 1 is 1.20 bits per heavy atom. The van der Waals surface area contributed by atoms with Gasteiger partial charge in [0.25, 0.3) is 0 Å². The van der Waals surface area contributed by atoms with Crippen LogP contribution in [0.1, 0.15) is 46.0 Å². The molecule has 0 amide bonds. The summed E-state index contributed by atoms with van der Waals surface area (Å²) in [5, 5.41) is 0. The van der Waals surface area contributed by atoms with E-state index in [0.717, 1.165) is 0 Å². The maximum atomic E-state index is 4.49. The average molecular weight is 139 g/mol. The fraction of sp³-hybridized carbons (Fsp3) is 0.889. The quantitative estimate of drug-likeness (QED) is 0.495. The third-order valence-electron chi connectivity index (χ3n) is 2.37. The summed E-state index contributed by atoms with van der Waals surface area (Å²) >= 11 is 0. The highest BCUT2D eigenvalue weighted by molar-refractivity contribution is 5.54. The molecule has 0 unspecified atom stereocenters. The van der Waals surface area contributed by atoms with Gasteiger partial charge in [-0.3, -0.25) is 4.99 Å². The van der Waals surface area contributed by atoms with Crippen LogP contribution < -0.4 is 0 Å². The summed E-state index contributed by atoms with van der Waals surface area (Å²) in [5.74, 6) is 0. The third kappa shape index (κ3) is 1.83. The van der Waals surface area contributed by atoms with Gasteiger partial charge in [-0.05, 0) is 32.9 Å². The van der Waals surface area contributed by atoms with Crippen LogP contribution in [-0.2, 0) is 0 Å². The van der Waals surface area contributed by atoms with E-state index in [9.17, 15) is 0 Å². The van der Waals surface area contributed by atoms with E-state index in [1.807, 2.05) is 13.1 Å². The average Bonchev–Trinajstić information content (AvgIpc) is 1.89. The molecule has 1 heteroatoms. The Morgan fingerprint density at radius 3 is 2.30 bits per heavy atom. The molecule has 1 saturated carbocycles. The highest BCUT2D eigenvalue weighted by Crippen LogP contribution is 2.30. The predicted molar refractivity (Wildman–Crippen MR) is 45.7 cm³/mol. The molecular formula is C9H17N. The van der Waals surface area contributed by atoms with E-state index in [0.29, 0.717) is 5.54 Å². The van der Waals surface area contributed by atoms with Gasteiger partial charge in [-0.15, -0.1) is 0 Å². The van der Waals surface area contributed by atoms with Crippen LogP contribution in [0.15, 0.2) is 4.99 Å². The van der Waals surface area contributed by atoms with Crippen molar-refractivity contribution < 1.29 is 0 Å². The molecule has 58 valence electrons. The topological polar surface area (TPSA) is 12.4 Å². The largest absolute Gasteiger partial charge is 0.291 e. The minimum absolute atomic E-state index is 0.299. The monoisotopic (exact) mass is 139 g/mol. The summed E-state index contributed by atoms with van der Waals surface area (Å²) in [6.07, 6.45) is 8.68. The van der Waals surface area contributed by atoms with Gasteiger partial charge in [-0.1, -0.05) is 19.3 Å². The Balaban J connectivity index is 2.48. The fourth-order valence-corrected chi connectivity index (χ4v) is 1.75. The standard InChI is InChI=1S/C9H17N/c1-3-10-9(2)7-5-4-6-8-9/h3H,4-8H2,1-2H3. The minimum Gasteiger partial charge on any atom is -0.291 e. The van der Waals surface area contributed by atoms with Crippen molar-refractivity contribution in [3.63, 3.8) is 0 Å². The molecule has 1 rings (SSSR count). The van der Waals surface area contributed by atoms with Crippen LogP contribution in [0, 0.1) is 0 Å². The second-order valence-corrected chi connectivity index (χ2v) is 3.44. The van der Waals surface area contributed by atoms with E-state index in [2.05, 4.69) is 11.9 Å². The van der Waals surface area contributed by atoms with Crippen molar-refractivity contribution in [3.8, 4) is 0 Å². The molecule has 0 aromatic heterocycles. The maximum Gasteiger partial charge on any atom is 0.0576 e. The lowest BCUT2D eigenvalue weighted by atomic mass is 9.84. The number of hydrogen-bond donors (Lipinski definition) is 0. The zero-order chi connectivity index (χ0) is 7.45. The van der Waals surface area contributed by atoms with Crippen LogP contribution in [0.25, 0.3) is 0 Å². The smallest absolute Gasteiger partial charge is 0.0576 e. The number of hydrogen-bond acceptors (Lipinski definition) is 1. The van der Waals surface area contributed by atoms with Crippen LogP contribution in [0.3, 0.4) is 0 Å². The van der Waals surface area contributed by atoms with Gasteiger partial charge in [0, 0.05) is 0 Å². The third-order valence-corrected chi connectivity index (χ3v) is 2.37. The van der Waals surface area contributed by atoms with Gasteiger partial charge >= 0.3 is 0 Å². The molecule has 0 aromatic carbocycles. The summed E-state index contributed by atoms with van der Waals surface area (Å²) in [4.78, 5) is 4.49. The van der Waals surface area contributed by atoms with Crippen LogP contribution >= 0.6 is 0 Å². The summed E-state index contributed by atoms with van der Waals surface area (Å²) in [5.41, 5.74) is 0.299. The highest BCUT2D eigenvalue weighted by atomic mass is 14.8. The van der Waals surface area contributed by atoms with Crippen molar-refractivity contribution in [1.82, 2.24) is 0 Å². The molecule has 0 aromatic rings.